The molecule has 1 aromatic heterocycles. The van der Waals surface area contributed by atoms with Gasteiger partial charge < -0.3 is 16.8 Å². The average molecular weight is 512 g/mol. The van der Waals surface area contributed by atoms with Crippen LogP contribution in [0.15, 0.2) is 42.5 Å². The van der Waals surface area contributed by atoms with E-state index in [0.717, 1.165) is 29.1 Å². The molecule has 1 heterocycles. The molecule has 5 N–H and O–H groups in total. The minimum Gasteiger partial charge on any atom is -0.395 e. The minimum atomic E-state index is -1.15. The summed E-state index contributed by atoms with van der Waals surface area (Å²) in [6.07, 6.45) is 0.739. The summed E-state index contributed by atoms with van der Waals surface area (Å²) >= 11 is 0.735. The van der Waals surface area contributed by atoms with Gasteiger partial charge in [0, 0.05) is 12.2 Å². The van der Waals surface area contributed by atoms with Gasteiger partial charge in [0.25, 0.3) is 11.8 Å². The molecule has 0 saturated carbocycles. The van der Waals surface area contributed by atoms with Crippen molar-refractivity contribution in [2.45, 2.75) is 40.2 Å². The van der Waals surface area contributed by atoms with Crippen LogP contribution in [-0.2, 0) is 4.79 Å². The zero-order valence-corrected chi connectivity index (χ0v) is 21.5. The van der Waals surface area contributed by atoms with Crippen LogP contribution in [-0.4, -0.2) is 28.6 Å². The summed E-state index contributed by atoms with van der Waals surface area (Å²) in [5.74, 6) is -2.03. The standard InChI is InChI=1S/C26H30FN5O3S/c1-14(2)11-12-30-25(34)22(17-7-9-18(27)10-8-17)32(19-13-15(3)5-6-16(19)4)26(35)23-20(28)21(24(29)33)31-36-23/h5-10,13-14,22H,11-12,28H2,1-4H3,(H2,29,33)(H,30,34)/t22-/m1/s1. The highest BCUT2D eigenvalue weighted by molar-refractivity contribution is 7.09. The molecule has 0 radical (unpaired) electrons. The van der Waals surface area contributed by atoms with Crippen molar-refractivity contribution in [2.24, 2.45) is 11.7 Å². The van der Waals surface area contributed by atoms with Crippen LogP contribution in [0.1, 0.15) is 63.2 Å². The van der Waals surface area contributed by atoms with E-state index in [-0.39, 0.29) is 16.3 Å². The van der Waals surface area contributed by atoms with Gasteiger partial charge in [0.2, 0.25) is 5.91 Å². The van der Waals surface area contributed by atoms with Gasteiger partial charge in [-0.3, -0.25) is 19.3 Å². The summed E-state index contributed by atoms with van der Waals surface area (Å²) in [7, 11) is 0. The fourth-order valence-electron chi connectivity index (χ4n) is 3.73. The Morgan fingerprint density at radius 1 is 1.11 bits per heavy atom. The Morgan fingerprint density at radius 2 is 1.78 bits per heavy atom. The van der Waals surface area contributed by atoms with E-state index in [1.807, 2.05) is 39.8 Å². The number of benzene rings is 2. The van der Waals surface area contributed by atoms with Crippen molar-refractivity contribution in [3.63, 3.8) is 0 Å². The van der Waals surface area contributed by atoms with Crippen LogP contribution < -0.4 is 21.7 Å². The van der Waals surface area contributed by atoms with Crippen LogP contribution in [0.25, 0.3) is 0 Å². The summed E-state index contributed by atoms with van der Waals surface area (Å²) in [5.41, 5.74) is 13.6. The minimum absolute atomic E-state index is 0.0215. The second kappa shape index (κ2) is 11.3. The number of aromatic nitrogens is 1. The molecule has 0 unspecified atom stereocenters. The highest BCUT2D eigenvalue weighted by atomic mass is 32.1. The van der Waals surface area contributed by atoms with Gasteiger partial charge in [-0.2, -0.15) is 4.37 Å². The molecule has 1 atom stereocenters. The van der Waals surface area contributed by atoms with Crippen molar-refractivity contribution in [3.8, 4) is 0 Å². The van der Waals surface area contributed by atoms with Crippen molar-refractivity contribution in [1.29, 1.82) is 0 Å². The van der Waals surface area contributed by atoms with E-state index in [1.54, 1.807) is 6.07 Å². The van der Waals surface area contributed by atoms with Gasteiger partial charge in [-0.15, -0.1) is 0 Å². The Bertz CT molecular complexity index is 1270. The molecular formula is C26H30FN5O3S. The molecule has 0 saturated heterocycles. The summed E-state index contributed by atoms with van der Waals surface area (Å²) in [4.78, 5) is 40.7. The Labute approximate surface area is 213 Å². The second-order valence-corrected chi connectivity index (χ2v) is 9.80. The van der Waals surface area contributed by atoms with E-state index < -0.39 is 29.6 Å². The van der Waals surface area contributed by atoms with Gasteiger partial charge in [-0.25, -0.2) is 4.39 Å². The van der Waals surface area contributed by atoms with Crippen LogP contribution in [0.4, 0.5) is 15.8 Å². The van der Waals surface area contributed by atoms with E-state index in [1.165, 1.54) is 29.2 Å². The predicted molar refractivity (Wildman–Crippen MR) is 139 cm³/mol. The molecule has 36 heavy (non-hydrogen) atoms. The maximum Gasteiger partial charge on any atom is 0.273 e. The molecule has 190 valence electrons. The first kappa shape index (κ1) is 26.8. The SMILES string of the molecule is Cc1ccc(C)c(N(C(=O)c2snc(C(N)=O)c2N)[C@@H](C(=O)NCCC(C)C)c2ccc(F)cc2)c1. The monoisotopic (exact) mass is 511 g/mol. The highest BCUT2D eigenvalue weighted by Crippen LogP contribution is 2.35. The van der Waals surface area contributed by atoms with Gasteiger partial charge in [0.1, 0.15) is 16.7 Å². The number of amides is 3. The zero-order valence-electron chi connectivity index (χ0n) is 20.7. The van der Waals surface area contributed by atoms with E-state index >= 15 is 0 Å². The lowest BCUT2D eigenvalue weighted by atomic mass is 10.00. The summed E-state index contributed by atoms with van der Waals surface area (Å²) in [6.45, 7) is 8.17. The Hall–Kier alpha value is -3.79. The number of primary amides is 1. The molecule has 3 aromatic rings. The first-order valence-corrected chi connectivity index (χ1v) is 12.3. The Balaban J connectivity index is 2.21. The number of aryl methyl sites for hydroxylation is 2. The average Bonchev–Trinajstić information content (AvgIpc) is 3.21. The van der Waals surface area contributed by atoms with Crippen LogP contribution in [0, 0.1) is 25.6 Å². The molecule has 0 aliphatic rings. The largest absolute Gasteiger partial charge is 0.395 e. The van der Waals surface area contributed by atoms with Gasteiger partial charge in [0.05, 0.1) is 5.69 Å². The zero-order chi connectivity index (χ0) is 26.6. The molecule has 0 fully saturated rings. The molecule has 3 amide bonds. The fourth-order valence-corrected chi connectivity index (χ4v) is 4.47. The van der Waals surface area contributed by atoms with Crippen LogP contribution >= 0.6 is 11.5 Å². The molecule has 0 spiro atoms. The number of carbonyl (C=O) groups excluding carboxylic acids is 3. The number of carbonyl (C=O) groups is 3. The van der Waals surface area contributed by atoms with E-state index in [2.05, 4.69) is 9.69 Å². The lowest BCUT2D eigenvalue weighted by Gasteiger charge is -2.32. The number of halogens is 1. The number of rotatable bonds is 9. The maximum absolute atomic E-state index is 14.0. The van der Waals surface area contributed by atoms with Crippen LogP contribution in [0.3, 0.4) is 0 Å². The molecule has 0 bridgehead atoms. The highest BCUT2D eigenvalue weighted by Gasteiger charge is 2.36. The van der Waals surface area contributed by atoms with Crippen molar-refractivity contribution >= 4 is 40.6 Å². The lowest BCUT2D eigenvalue weighted by molar-refractivity contribution is -0.122. The predicted octanol–water partition coefficient (Wildman–Crippen LogP) is 4.13. The molecular weight excluding hydrogens is 481 g/mol. The van der Waals surface area contributed by atoms with Gasteiger partial charge >= 0.3 is 0 Å². The normalized spacial score (nSPS) is 11.8. The first-order chi connectivity index (χ1) is 17.0. The fraction of sp³-hybridized carbons (Fsp3) is 0.308. The molecule has 8 nitrogen and oxygen atoms in total. The molecule has 0 aliphatic heterocycles. The second-order valence-electron chi connectivity index (χ2n) is 9.03. The summed E-state index contributed by atoms with van der Waals surface area (Å²) in [5, 5.41) is 2.91. The van der Waals surface area contributed by atoms with E-state index in [4.69, 9.17) is 11.5 Å². The number of nitrogens with one attached hydrogen (secondary N) is 1. The van der Waals surface area contributed by atoms with Gasteiger partial charge in [-0.1, -0.05) is 38.1 Å². The molecule has 3 rings (SSSR count). The third kappa shape index (κ3) is 5.88. The van der Waals surface area contributed by atoms with E-state index in [9.17, 15) is 18.8 Å². The van der Waals surface area contributed by atoms with Crippen molar-refractivity contribution < 1.29 is 18.8 Å². The number of nitrogen functional groups attached to an aromatic ring is 1. The quantitative estimate of drug-likeness (QED) is 0.397. The molecule has 0 aliphatic carbocycles. The number of nitrogens with two attached hydrogens (primary N) is 2. The number of hydrogen-bond donors (Lipinski definition) is 3. The topological polar surface area (TPSA) is 131 Å². The summed E-state index contributed by atoms with van der Waals surface area (Å²) in [6, 6.07) is 9.79. The lowest BCUT2D eigenvalue weighted by Crippen LogP contribution is -2.44. The van der Waals surface area contributed by atoms with E-state index in [0.29, 0.717) is 23.7 Å². The smallest absolute Gasteiger partial charge is 0.273 e. The van der Waals surface area contributed by atoms with Crippen LogP contribution in [0.5, 0.6) is 0 Å². The number of anilines is 2. The number of nitrogens with zero attached hydrogens (tertiary/aromatic N) is 2. The third-order valence-corrected chi connectivity index (χ3v) is 6.56. The maximum atomic E-state index is 14.0. The molecule has 2 aromatic carbocycles. The number of hydrogen-bond acceptors (Lipinski definition) is 6. The van der Waals surface area contributed by atoms with Gasteiger partial charge in [-0.05, 0) is 72.6 Å². The van der Waals surface area contributed by atoms with Gasteiger partial charge in [0.15, 0.2) is 5.69 Å². The third-order valence-electron chi connectivity index (χ3n) is 5.71. The van der Waals surface area contributed by atoms with Crippen LogP contribution in [0.2, 0.25) is 0 Å². The Morgan fingerprint density at radius 3 is 2.36 bits per heavy atom. The van der Waals surface area contributed by atoms with Crippen molar-refractivity contribution in [1.82, 2.24) is 9.69 Å². The molecule has 10 heteroatoms. The summed E-state index contributed by atoms with van der Waals surface area (Å²) < 4.78 is 17.7. The van der Waals surface area contributed by atoms with Crippen molar-refractivity contribution in [2.75, 3.05) is 17.2 Å². The Kier molecular flexibility index (Phi) is 8.41. The first-order valence-electron chi connectivity index (χ1n) is 11.5. The van der Waals surface area contributed by atoms with Crippen molar-refractivity contribution in [3.05, 3.63) is 75.5 Å².